The van der Waals surface area contributed by atoms with E-state index >= 15 is 0 Å². The third kappa shape index (κ3) is 1.44. The summed E-state index contributed by atoms with van der Waals surface area (Å²) < 4.78 is 7.88. The first-order valence-electron chi connectivity index (χ1n) is 6.14. The van der Waals surface area contributed by atoms with Crippen molar-refractivity contribution in [1.29, 1.82) is 0 Å². The largest absolute Gasteiger partial charge is 0.491 e. The molecule has 0 amide bonds. The number of nitrogens with zero attached hydrogens (tertiary/aromatic N) is 2. The molecule has 0 unspecified atom stereocenters. The molecule has 5 rings (SSSR count). The van der Waals surface area contributed by atoms with Gasteiger partial charge in [-0.1, -0.05) is 0 Å². The highest BCUT2D eigenvalue weighted by molar-refractivity contribution is 5.44. The Morgan fingerprint density at radius 3 is 3.24 bits per heavy atom. The first-order valence-corrected chi connectivity index (χ1v) is 6.14. The van der Waals surface area contributed by atoms with Gasteiger partial charge in [-0.3, -0.25) is 0 Å². The molecule has 3 aliphatic rings. The Hall–Kier alpha value is -1.55. The highest BCUT2D eigenvalue weighted by Crippen LogP contribution is 2.43. The van der Waals surface area contributed by atoms with Crippen molar-refractivity contribution in [2.24, 2.45) is 5.92 Å². The lowest BCUT2D eigenvalue weighted by molar-refractivity contribution is 0.131. The van der Waals surface area contributed by atoms with Gasteiger partial charge in [-0.15, -0.1) is 0 Å². The average Bonchev–Trinajstić information content (AvgIpc) is 3.00. The van der Waals surface area contributed by atoms with E-state index in [1.807, 2.05) is 28.9 Å². The second kappa shape index (κ2) is 3.23. The molecular formula is C13H15N3O. The van der Waals surface area contributed by atoms with E-state index in [9.17, 15) is 0 Å². The van der Waals surface area contributed by atoms with Crippen molar-refractivity contribution in [3.8, 4) is 5.75 Å². The fourth-order valence-electron chi connectivity index (χ4n) is 3.07. The Balaban J connectivity index is 1.51. The third-order valence-electron chi connectivity index (χ3n) is 4.01. The van der Waals surface area contributed by atoms with Crippen LogP contribution in [-0.2, 0) is 0 Å². The van der Waals surface area contributed by atoms with Crippen LogP contribution in [0.1, 0.15) is 12.8 Å². The maximum absolute atomic E-state index is 5.89. The molecule has 17 heavy (non-hydrogen) atoms. The molecule has 2 aromatic heterocycles. The van der Waals surface area contributed by atoms with Crippen molar-refractivity contribution < 1.29 is 4.74 Å². The lowest BCUT2D eigenvalue weighted by atomic mass is 9.74. The summed E-state index contributed by atoms with van der Waals surface area (Å²) in [4.78, 5) is 4.25. The summed E-state index contributed by atoms with van der Waals surface area (Å²) >= 11 is 0. The molecule has 0 atom stereocenters. The smallest absolute Gasteiger partial charge is 0.140 e. The Morgan fingerprint density at radius 1 is 1.47 bits per heavy atom. The summed E-state index contributed by atoms with van der Waals surface area (Å²) in [5, 5.41) is 3.56. The van der Waals surface area contributed by atoms with Gasteiger partial charge in [0.2, 0.25) is 0 Å². The van der Waals surface area contributed by atoms with E-state index < -0.39 is 0 Å². The predicted octanol–water partition coefficient (Wildman–Crippen LogP) is 1.47. The Labute approximate surface area is 99.6 Å². The molecule has 1 aliphatic carbocycles. The molecule has 2 aliphatic heterocycles. The summed E-state index contributed by atoms with van der Waals surface area (Å²) in [6, 6.07) is 3.98. The van der Waals surface area contributed by atoms with Gasteiger partial charge in [0, 0.05) is 24.7 Å². The molecule has 1 saturated carbocycles. The number of hydrogen-bond donors (Lipinski definition) is 1. The monoisotopic (exact) mass is 229 g/mol. The summed E-state index contributed by atoms with van der Waals surface area (Å²) in [7, 11) is 0. The van der Waals surface area contributed by atoms with E-state index in [0.717, 1.165) is 23.9 Å². The molecule has 4 heterocycles. The highest BCUT2D eigenvalue weighted by Gasteiger charge is 2.50. The van der Waals surface area contributed by atoms with Crippen LogP contribution in [0.4, 0.5) is 0 Å². The molecule has 4 heteroatoms. The van der Waals surface area contributed by atoms with Crippen LogP contribution < -0.4 is 10.1 Å². The van der Waals surface area contributed by atoms with E-state index in [-0.39, 0.29) is 5.54 Å². The minimum absolute atomic E-state index is 0.270. The summed E-state index contributed by atoms with van der Waals surface area (Å²) in [6.07, 6.45) is 8.28. The van der Waals surface area contributed by atoms with Crippen LogP contribution in [0.5, 0.6) is 5.75 Å². The Kier molecular flexibility index (Phi) is 1.80. The number of pyridine rings is 1. The molecule has 0 spiro atoms. The van der Waals surface area contributed by atoms with Gasteiger partial charge < -0.3 is 14.5 Å². The van der Waals surface area contributed by atoms with Gasteiger partial charge >= 0.3 is 0 Å². The van der Waals surface area contributed by atoms with E-state index in [0.29, 0.717) is 0 Å². The molecule has 2 saturated heterocycles. The lowest BCUT2D eigenvalue weighted by Gasteiger charge is -2.37. The van der Waals surface area contributed by atoms with Crippen LogP contribution in [0.3, 0.4) is 0 Å². The third-order valence-corrected chi connectivity index (χ3v) is 4.01. The fraction of sp³-hybridized carbons (Fsp3) is 0.462. The molecular weight excluding hydrogens is 214 g/mol. The number of rotatable bonds is 3. The van der Waals surface area contributed by atoms with Crippen molar-refractivity contribution in [3.63, 3.8) is 0 Å². The molecule has 2 bridgehead atoms. The highest BCUT2D eigenvalue weighted by atomic mass is 16.5. The minimum Gasteiger partial charge on any atom is -0.491 e. The Bertz CT molecular complexity index is 551. The second-order valence-electron chi connectivity index (χ2n) is 5.28. The number of imidazole rings is 1. The molecule has 0 aromatic carbocycles. The molecule has 3 fully saturated rings. The maximum Gasteiger partial charge on any atom is 0.140 e. The quantitative estimate of drug-likeness (QED) is 0.866. The van der Waals surface area contributed by atoms with Crippen LogP contribution in [0, 0.1) is 5.92 Å². The van der Waals surface area contributed by atoms with Gasteiger partial charge in [0.1, 0.15) is 18.0 Å². The summed E-state index contributed by atoms with van der Waals surface area (Å²) in [5.41, 5.74) is 1.21. The predicted molar refractivity (Wildman–Crippen MR) is 64.1 cm³/mol. The van der Waals surface area contributed by atoms with Crippen LogP contribution in [0.2, 0.25) is 0 Å². The van der Waals surface area contributed by atoms with Crippen molar-refractivity contribution >= 4 is 5.65 Å². The SMILES string of the molecule is c1cn2ccc(OCC34CC(CN3)C4)cc2n1. The van der Waals surface area contributed by atoms with Gasteiger partial charge in [0.05, 0.1) is 5.54 Å². The molecule has 0 radical (unpaired) electrons. The lowest BCUT2D eigenvalue weighted by Crippen LogP contribution is -2.48. The van der Waals surface area contributed by atoms with E-state index in [1.165, 1.54) is 19.4 Å². The fourth-order valence-corrected chi connectivity index (χ4v) is 3.07. The van der Waals surface area contributed by atoms with Gasteiger partial charge in [-0.2, -0.15) is 0 Å². The normalized spacial score (nSPS) is 30.5. The van der Waals surface area contributed by atoms with Crippen LogP contribution in [0.25, 0.3) is 5.65 Å². The van der Waals surface area contributed by atoms with Crippen molar-refractivity contribution in [1.82, 2.24) is 14.7 Å². The summed E-state index contributed by atoms with van der Waals surface area (Å²) in [5.74, 6) is 1.81. The van der Waals surface area contributed by atoms with Crippen molar-refractivity contribution in [2.45, 2.75) is 18.4 Å². The summed E-state index contributed by atoms with van der Waals surface area (Å²) in [6.45, 7) is 1.95. The number of nitrogens with one attached hydrogen (secondary N) is 1. The zero-order chi connectivity index (χ0) is 11.3. The van der Waals surface area contributed by atoms with Crippen LogP contribution in [0.15, 0.2) is 30.7 Å². The zero-order valence-corrected chi connectivity index (χ0v) is 9.60. The van der Waals surface area contributed by atoms with Gasteiger partial charge in [-0.25, -0.2) is 4.98 Å². The number of fused-ring (bicyclic) bond motifs is 2. The van der Waals surface area contributed by atoms with Crippen LogP contribution in [-0.4, -0.2) is 28.1 Å². The van der Waals surface area contributed by atoms with Crippen molar-refractivity contribution in [2.75, 3.05) is 13.2 Å². The number of hydrogen-bond acceptors (Lipinski definition) is 3. The van der Waals surface area contributed by atoms with Gasteiger partial charge in [0.15, 0.2) is 0 Å². The van der Waals surface area contributed by atoms with Crippen LogP contribution >= 0.6 is 0 Å². The van der Waals surface area contributed by atoms with Gasteiger partial charge in [0.25, 0.3) is 0 Å². The molecule has 4 nitrogen and oxygen atoms in total. The average molecular weight is 229 g/mol. The first kappa shape index (κ1) is 9.48. The topological polar surface area (TPSA) is 38.6 Å². The second-order valence-corrected chi connectivity index (χ2v) is 5.28. The molecule has 2 aromatic rings. The standard InChI is InChI=1S/C13H15N3O/c1-3-16-4-2-14-12(16)5-11(1)17-9-13-6-10(7-13)8-15-13/h1-5,10,15H,6-9H2. The molecule has 1 N–H and O–H groups in total. The van der Waals surface area contributed by atoms with E-state index in [1.54, 1.807) is 6.20 Å². The van der Waals surface area contributed by atoms with E-state index in [4.69, 9.17) is 4.74 Å². The van der Waals surface area contributed by atoms with Gasteiger partial charge in [-0.05, 0) is 31.4 Å². The number of ether oxygens (including phenoxy) is 1. The van der Waals surface area contributed by atoms with Crippen molar-refractivity contribution in [3.05, 3.63) is 30.7 Å². The Morgan fingerprint density at radius 2 is 2.41 bits per heavy atom. The zero-order valence-electron chi connectivity index (χ0n) is 9.60. The molecule has 88 valence electrons. The number of aromatic nitrogens is 2. The minimum atomic E-state index is 0.270. The maximum atomic E-state index is 5.89. The van der Waals surface area contributed by atoms with E-state index in [2.05, 4.69) is 10.3 Å². The first-order chi connectivity index (χ1) is 8.33.